The summed E-state index contributed by atoms with van der Waals surface area (Å²) in [4.78, 5) is 0.231. The molecule has 0 spiro atoms. The molecule has 112 valence electrons. The van der Waals surface area contributed by atoms with Gasteiger partial charge in [0.2, 0.25) is 10.0 Å². The van der Waals surface area contributed by atoms with Crippen molar-refractivity contribution in [3.63, 3.8) is 0 Å². The van der Waals surface area contributed by atoms with Gasteiger partial charge in [-0.3, -0.25) is 0 Å². The SMILES string of the molecule is CNS(=O)(=O)c1ccc(N[C@@H](C)c2ccccc2)c(Br)c1. The fourth-order valence-electron chi connectivity index (χ4n) is 1.96. The Labute approximate surface area is 133 Å². The Balaban J connectivity index is 2.23. The Morgan fingerprint density at radius 1 is 1.10 bits per heavy atom. The van der Waals surface area contributed by atoms with E-state index in [-0.39, 0.29) is 10.9 Å². The molecule has 0 unspecified atom stereocenters. The van der Waals surface area contributed by atoms with Crippen LogP contribution in [0.3, 0.4) is 0 Å². The van der Waals surface area contributed by atoms with E-state index in [1.807, 2.05) is 30.3 Å². The molecule has 1 atom stereocenters. The van der Waals surface area contributed by atoms with E-state index in [1.165, 1.54) is 7.05 Å². The molecule has 0 heterocycles. The van der Waals surface area contributed by atoms with Gasteiger partial charge in [-0.2, -0.15) is 0 Å². The van der Waals surface area contributed by atoms with Crippen molar-refractivity contribution in [2.24, 2.45) is 0 Å². The first-order valence-electron chi connectivity index (χ1n) is 6.48. The number of rotatable bonds is 5. The quantitative estimate of drug-likeness (QED) is 0.848. The summed E-state index contributed by atoms with van der Waals surface area (Å²) in [6.45, 7) is 2.06. The molecule has 0 fully saturated rings. The summed E-state index contributed by atoms with van der Waals surface area (Å²) in [7, 11) is -2.03. The number of hydrogen-bond acceptors (Lipinski definition) is 3. The molecule has 0 saturated carbocycles. The van der Waals surface area contributed by atoms with Crippen molar-refractivity contribution < 1.29 is 8.42 Å². The predicted molar refractivity (Wildman–Crippen MR) is 88.9 cm³/mol. The van der Waals surface area contributed by atoms with Crippen molar-refractivity contribution in [1.82, 2.24) is 4.72 Å². The lowest BCUT2D eigenvalue weighted by atomic mass is 10.1. The molecule has 2 aromatic carbocycles. The third-order valence-corrected chi connectivity index (χ3v) is 5.26. The fraction of sp³-hybridized carbons (Fsp3) is 0.200. The van der Waals surface area contributed by atoms with Crippen LogP contribution in [0, 0.1) is 0 Å². The van der Waals surface area contributed by atoms with Gasteiger partial charge in [0.25, 0.3) is 0 Å². The second-order valence-corrected chi connectivity index (χ2v) is 7.37. The Morgan fingerprint density at radius 3 is 2.33 bits per heavy atom. The molecule has 2 rings (SSSR count). The fourth-order valence-corrected chi connectivity index (χ4v) is 3.36. The first-order chi connectivity index (χ1) is 9.94. The maximum absolute atomic E-state index is 11.8. The Hall–Kier alpha value is -1.37. The van der Waals surface area contributed by atoms with E-state index >= 15 is 0 Å². The minimum absolute atomic E-state index is 0.120. The number of halogens is 1. The molecule has 6 heteroatoms. The van der Waals surface area contributed by atoms with Gasteiger partial charge in [0.1, 0.15) is 0 Å². The van der Waals surface area contributed by atoms with Gasteiger partial charge in [0.15, 0.2) is 0 Å². The molecule has 0 bridgehead atoms. The Bertz CT molecular complexity index is 718. The lowest BCUT2D eigenvalue weighted by Gasteiger charge is -2.17. The van der Waals surface area contributed by atoms with Crippen LogP contribution in [0.2, 0.25) is 0 Å². The molecule has 0 radical (unpaired) electrons. The molecule has 4 nitrogen and oxygen atoms in total. The highest BCUT2D eigenvalue weighted by atomic mass is 79.9. The molecule has 0 amide bonds. The predicted octanol–water partition coefficient (Wildman–Crippen LogP) is 3.53. The molecule has 0 aliphatic carbocycles. The van der Waals surface area contributed by atoms with Gasteiger partial charge < -0.3 is 5.32 Å². The van der Waals surface area contributed by atoms with Crippen LogP contribution in [0.5, 0.6) is 0 Å². The maximum Gasteiger partial charge on any atom is 0.240 e. The van der Waals surface area contributed by atoms with E-state index in [9.17, 15) is 8.42 Å². The van der Waals surface area contributed by atoms with Crippen LogP contribution >= 0.6 is 15.9 Å². The van der Waals surface area contributed by atoms with Gasteiger partial charge >= 0.3 is 0 Å². The third-order valence-electron chi connectivity index (χ3n) is 3.19. The van der Waals surface area contributed by atoms with E-state index in [2.05, 4.69) is 32.9 Å². The lowest BCUT2D eigenvalue weighted by molar-refractivity contribution is 0.588. The number of anilines is 1. The van der Waals surface area contributed by atoms with Crippen molar-refractivity contribution in [3.05, 3.63) is 58.6 Å². The zero-order valence-corrected chi connectivity index (χ0v) is 14.2. The van der Waals surface area contributed by atoms with Gasteiger partial charge in [-0.25, -0.2) is 13.1 Å². The third kappa shape index (κ3) is 3.84. The molecule has 0 aromatic heterocycles. The first-order valence-corrected chi connectivity index (χ1v) is 8.76. The zero-order chi connectivity index (χ0) is 15.5. The van der Waals surface area contributed by atoms with Crippen LogP contribution in [-0.4, -0.2) is 15.5 Å². The summed E-state index contributed by atoms with van der Waals surface area (Å²) in [6, 6.07) is 15.1. The van der Waals surface area contributed by atoms with Crippen LogP contribution in [0.15, 0.2) is 57.9 Å². The van der Waals surface area contributed by atoms with Crippen molar-refractivity contribution in [3.8, 4) is 0 Å². The largest absolute Gasteiger partial charge is 0.378 e. The normalized spacial score (nSPS) is 12.9. The molecule has 0 aliphatic heterocycles. The minimum Gasteiger partial charge on any atom is -0.378 e. The van der Waals surface area contributed by atoms with Crippen LogP contribution in [-0.2, 0) is 10.0 Å². The van der Waals surface area contributed by atoms with E-state index in [0.29, 0.717) is 4.47 Å². The molecule has 0 aliphatic rings. The van der Waals surface area contributed by atoms with E-state index in [0.717, 1.165) is 11.3 Å². The lowest BCUT2D eigenvalue weighted by Crippen LogP contribution is -2.18. The van der Waals surface area contributed by atoms with Crippen molar-refractivity contribution in [2.45, 2.75) is 17.9 Å². The first kappa shape index (κ1) is 16.0. The van der Waals surface area contributed by atoms with E-state index in [1.54, 1.807) is 18.2 Å². The van der Waals surface area contributed by atoms with E-state index < -0.39 is 10.0 Å². The molecular weight excluding hydrogens is 352 g/mol. The van der Waals surface area contributed by atoms with Crippen LogP contribution in [0.25, 0.3) is 0 Å². The zero-order valence-electron chi connectivity index (χ0n) is 11.8. The van der Waals surface area contributed by atoms with Crippen LogP contribution in [0.1, 0.15) is 18.5 Å². The molecule has 0 saturated heterocycles. The second-order valence-electron chi connectivity index (χ2n) is 4.63. The summed E-state index contributed by atoms with van der Waals surface area (Å²) in [5.74, 6) is 0. The molecular formula is C15H17BrN2O2S. The van der Waals surface area contributed by atoms with Crippen molar-refractivity contribution in [1.29, 1.82) is 0 Å². The second kappa shape index (κ2) is 6.60. The maximum atomic E-state index is 11.8. The topological polar surface area (TPSA) is 58.2 Å². The highest BCUT2D eigenvalue weighted by molar-refractivity contribution is 9.10. The highest BCUT2D eigenvalue weighted by Gasteiger charge is 2.14. The van der Waals surface area contributed by atoms with Gasteiger partial charge in [-0.05, 0) is 53.7 Å². The minimum atomic E-state index is -3.43. The summed E-state index contributed by atoms with van der Waals surface area (Å²) < 4.78 is 26.5. The van der Waals surface area contributed by atoms with Gasteiger partial charge in [0.05, 0.1) is 4.90 Å². The van der Waals surface area contributed by atoms with Gasteiger partial charge in [0, 0.05) is 16.2 Å². The monoisotopic (exact) mass is 368 g/mol. The van der Waals surface area contributed by atoms with Crippen molar-refractivity contribution in [2.75, 3.05) is 12.4 Å². The van der Waals surface area contributed by atoms with E-state index in [4.69, 9.17) is 0 Å². The summed E-state index contributed by atoms with van der Waals surface area (Å²) in [5.41, 5.74) is 2.01. The number of hydrogen-bond donors (Lipinski definition) is 2. The number of benzene rings is 2. The number of nitrogens with one attached hydrogen (secondary N) is 2. The summed E-state index contributed by atoms with van der Waals surface area (Å²) in [6.07, 6.45) is 0. The average Bonchev–Trinajstić information content (AvgIpc) is 2.50. The molecule has 21 heavy (non-hydrogen) atoms. The molecule has 2 N–H and O–H groups in total. The van der Waals surface area contributed by atoms with Crippen molar-refractivity contribution >= 4 is 31.6 Å². The average molecular weight is 369 g/mol. The summed E-state index contributed by atoms with van der Waals surface area (Å²) >= 11 is 3.42. The smallest absolute Gasteiger partial charge is 0.240 e. The number of sulfonamides is 1. The Morgan fingerprint density at radius 2 is 1.76 bits per heavy atom. The van der Waals surface area contributed by atoms with Crippen LogP contribution < -0.4 is 10.0 Å². The summed E-state index contributed by atoms with van der Waals surface area (Å²) in [5, 5.41) is 3.36. The Kier molecular flexibility index (Phi) is 5.03. The van der Waals surface area contributed by atoms with Crippen LogP contribution in [0.4, 0.5) is 5.69 Å². The molecule has 2 aromatic rings. The van der Waals surface area contributed by atoms with Gasteiger partial charge in [-0.1, -0.05) is 30.3 Å². The standard InChI is InChI=1S/C15H17BrN2O2S/c1-11(12-6-4-3-5-7-12)18-15-9-8-13(10-14(15)16)21(19,20)17-2/h3-11,17-18H,1-2H3/t11-/m0/s1. The van der Waals surface area contributed by atoms with Gasteiger partial charge in [-0.15, -0.1) is 0 Å². The highest BCUT2D eigenvalue weighted by Crippen LogP contribution is 2.28.